The van der Waals surface area contributed by atoms with Gasteiger partial charge >= 0.3 is 6.18 Å². The zero-order chi connectivity index (χ0) is 18.9. The van der Waals surface area contributed by atoms with E-state index < -0.39 is 17.3 Å². The first-order valence-electron chi connectivity index (χ1n) is 9.10. The van der Waals surface area contributed by atoms with Crippen LogP contribution in [-0.2, 0) is 12.7 Å². The van der Waals surface area contributed by atoms with Crippen LogP contribution in [0.3, 0.4) is 0 Å². The van der Waals surface area contributed by atoms with Crippen LogP contribution in [0, 0.1) is 0 Å². The summed E-state index contributed by atoms with van der Waals surface area (Å²) in [5.41, 5.74) is -1.55. The zero-order valence-corrected chi connectivity index (χ0v) is 15.1. The summed E-state index contributed by atoms with van der Waals surface area (Å²) in [6.07, 6.45) is 0.976. The molecule has 2 heterocycles. The van der Waals surface area contributed by atoms with Crippen LogP contribution in [0.15, 0.2) is 29.3 Å². The molecule has 1 aromatic heterocycles. The second-order valence-electron chi connectivity index (χ2n) is 7.21. The number of piperidine rings is 1. The van der Waals surface area contributed by atoms with Gasteiger partial charge in [0.25, 0.3) is 5.56 Å². The number of rotatable bonds is 4. The van der Waals surface area contributed by atoms with Crippen molar-refractivity contribution in [1.82, 2.24) is 14.5 Å². The van der Waals surface area contributed by atoms with Crippen molar-refractivity contribution < 1.29 is 13.2 Å². The van der Waals surface area contributed by atoms with Crippen molar-refractivity contribution in [2.75, 3.05) is 6.54 Å². The SMILES string of the molecule is CC(C)N1CCCC[C@@H]1CCn1cnc2c(C(F)(F)F)cccc2c1=O. The Morgan fingerprint density at radius 1 is 1.27 bits per heavy atom. The first-order valence-corrected chi connectivity index (χ1v) is 9.10. The van der Waals surface area contributed by atoms with E-state index in [1.54, 1.807) is 0 Å². The minimum Gasteiger partial charge on any atom is -0.299 e. The van der Waals surface area contributed by atoms with Crippen LogP contribution in [0.25, 0.3) is 10.9 Å². The van der Waals surface area contributed by atoms with Crippen molar-refractivity contribution in [3.8, 4) is 0 Å². The third kappa shape index (κ3) is 3.77. The van der Waals surface area contributed by atoms with Gasteiger partial charge in [0.1, 0.15) is 0 Å². The van der Waals surface area contributed by atoms with Gasteiger partial charge < -0.3 is 0 Å². The summed E-state index contributed by atoms with van der Waals surface area (Å²) in [6, 6.07) is 4.48. The van der Waals surface area contributed by atoms with Crippen LogP contribution in [0.4, 0.5) is 13.2 Å². The van der Waals surface area contributed by atoms with E-state index >= 15 is 0 Å². The van der Waals surface area contributed by atoms with Crippen LogP contribution in [0.5, 0.6) is 0 Å². The molecule has 26 heavy (non-hydrogen) atoms. The third-order valence-corrected chi connectivity index (χ3v) is 5.20. The van der Waals surface area contributed by atoms with Gasteiger partial charge in [0.05, 0.1) is 22.8 Å². The summed E-state index contributed by atoms with van der Waals surface area (Å²) in [5, 5.41) is 0.0201. The Morgan fingerprint density at radius 3 is 2.73 bits per heavy atom. The number of para-hydroxylation sites is 1. The highest BCUT2D eigenvalue weighted by Gasteiger charge is 2.33. The Morgan fingerprint density at radius 2 is 2.04 bits per heavy atom. The van der Waals surface area contributed by atoms with Gasteiger partial charge in [-0.3, -0.25) is 14.3 Å². The molecule has 0 radical (unpaired) electrons. The normalized spacial score (nSPS) is 19.4. The molecule has 0 amide bonds. The van der Waals surface area contributed by atoms with Crippen molar-refractivity contribution in [3.63, 3.8) is 0 Å². The lowest BCUT2D eigenvalue weighted by atomic mass is 9.97. The second-order valence-corrected chi connectivity index (χ2v) is 7.21. The highest BCUT2D eigenvalue weighted by molar-refractivity contribution is 5.81. The molecule has 1 atom stereocenters. The van der Waals surface area contributed by atoms with E-state index in [1.807, 2.05) is 0 Å². The van der Waals surface area contributed by atoms with Gasteiger partial charge in [-0.05, 0) is 51.8 Å². The molecule has 1 saturated heterocycles. The Balaban J connectivity index is 1.85. The number of benzene rings is 1. The van der Waals surface area contributed by atoms with Crippen LogP contribution in [-0.4, -0.2) is 33.1 Å². The number of alkyl halides is 3. The van der Waals surface area contributed by atoms with Crippen LogP contribution in [0.1, 0.15) is 45.1 Å². The molecule has 4 nitrogen and oxygen atoms in total. The summed E-state index contributed by atoms with van der Waals surface area (Å²) < 4.78 is 40.8. The van der Waals surface area contributed by atoms with Crippen molar-refractivity contribution in [2.45, 2.75) is 64.3 Å². The first kappa shape index (κ1) is 18.9. The summed E-state index contributed by atoms with van der Waals surface area (Å²) in [7, 11) is 0. The van der Waals surface area contributed by atoms with E-state index in [0.717, 1.165) is 25.5 Å². The number of fused-ring (bicyclic) bond motifs is 1. The molecule has 0 unspecified atom stereocenters. The molecule has 0 spiro atoms. The number of hydrogen-bond donors (Lipinski definition) is 0. The minimum atomic E-state index is -4.52. The fourth-order valence-electron chi connectivity index (χ4n) is 3.88. The molecule has 0 bridgehead atoms. The maximum atomic E-state index is 13.1. The molecule has 7 heteroatoms. The number of nitrogens with zero attached hydrogens (tertiary/aromatic N) is 3. The van der Waals surface area contributed by atoms with Gasteiger partial charge in [-0.2, -0.15) is 13.2 Å². The highest BCUT2D eigenvalue weighted by Crippen LogP contribution is 2.32. The largest absolute Gasteiger partial charge is 0.418 e. The monoisotopic (exact) mass is 367 g/mol. The summed E-state index contributed by atoms with van der Waals surface area (Å²) in [5.74, 6) is 0. The number of aryl methyl sites for hydroxylation is 1. The Labute approximate surface area is 150 Å². The second kappa shape index (κ2) is 7.39. The average Bonchev–Trinajstić information content (AvgIpc) is 2.60. The van der Waals surface area contributed by atoms with Crippen molar-refractivity contribution >= 4 is 10.9 Å². The lowest BCUT2D eigenvalue weighted by Crippen LogP contribution is -2.44. The number of aromatic nitrogens is 2. The topological polar surface area (TPSA) is 38.1 Å². The molecule has 1 aliphatic rings. The Bertz CT molecular complexity index is 829. The predicted molar refractivity (Wildman–Crippen MR) is 95.1 cm³/mol. The third-order valence-electron chi connectivity index (χ3n) is 5.20. The lowest BCUT2D eigenvalue weighted by Gasteiger charge is -2.38. The summed E-state index contributed by atoms with van der Waals surface area (Å²) in [4.78, 5) is 19.0. The molecule has 0 saturated carbocycles. The van der Waals surface area contributed by atoms with Crippen molar-refractivity contribution in [3.05, 3.63) is 40.4 Å². The van der Waals surface area contributed by atoms with Crippen LogP contribution < -0.4 is 5.56 Å². The van der Waals surface area contributed by atoms with Gasteiger partial charge in [-0.1, -0.05) is 12.5 Å². The average molecular weight is 367 g/mol. The van der Waals surface area contributed by atoms with E-state index in [0.29, 0.717) is 18.6 Å². The van der Waals surface area contributed by atoms with E-state index in [4.69, 9.17) is 0 Å². The summed E-state index contributed by atoms with van der Waals surface area (Å²) >= 11 is 0. The number of halogens is 3. The molecule has 1 aliphatic heterocycles. The number of likely N-dealkylation sites (tertiary alicyclic amines) is 1. The molecular formula is C19H24F3N3O. The molecule has 142 valence electrons. The molecule has 3 rings (SSSR count). The molecule has 0 aliphatic carbocycles. The molecule has 1 aromatic carbocycles. The fraction of sp³-hybridized carbons (Fsp3) is 0.579. The molecule has 0 N–H and O–H groups in total. The quantitative estimate of drug-likeness (QED) is 0.818. The summed E-state index contributed by atoms with van der Waals surface area (Å²) in [6.45, 7) is 5.86. The first-order chi connectivity index (χ1) is 12.3. The smallest absolute Gasteiger partial charge is 0.299 e. The highest BCUT2D eigenvalue weighted by atomic mass is 19.4. The van der Waals surface area contributed by atoms with Gasteiger partial charge in [0.15, 0.2) is 0 Å². The van der Waals surface area contributed by atoms with Crippen molar-refractivity contribution in [2.24, 2.45) is 0 Å². The van der Waals surface area contributed by atoms with E-state index in [-0.39, 0.29) is 10.9 Å². The maximum Gasteiger partial charge on any atom is 0.418 e. The molecule has 2 aromatic rings. The zero-order valence-electron chi connectivity index (χ0n) is 15.1. The minimum absolute atomic E-state index is 0.0201. The lowest BCUT2D eigenvalue weighted by molar-refractivity contribution is -0.136. The number of hydrogen-bond acceptors (Lipinski definition) is 3. The standard InChI is InChI=1S/C19H24F3N3O/c1-13(2)25-10-4-3-6-14(25)9-11-24-12-23-17-15(18(24)26)7-5-8-16(17)19(20,21)22/h5,7-8,12-14H,3-4,6,9-11H2,1-2H3/t14-/m1/s1. The van der Waals surface area contributed by atoms with Gasteiger partial charge in [-0.25, -0.2) is 4.98 Å². The van der Waals surface area contributed by atoms with Crippen LogP contribution in [0.2, 0.25) is 0 Å². The van der Waals surface area contributed by atoms with Gasteiger partial charge in [-0.15, -0.1) is 0 Å². The van der Waals surface area contributed by atoms with Crippen LogP contribution >= 0.6 is 0 Å². The van der Waals surface area contributed by atoms with E-state index in [9.17, 15) is 18.0 Å². The van der Waals surface area contributed by atoms with E-state index in [2.05, 4.69) is 23.7 Å². The molecule has 1 fully saturated rings. The Kier molecular flexibility index (Phi) is 5.37. The molecular weight excluding hydrogens is 343 g/mol. The fourth-order valence-corrected chi connectivity index (χ4v) is 3.88. The maximum absolute atomic E-state index is 13.1. The van der Waals surface area contributed by atoms with Gasteiger partial charge in [0, 0.05) is 18.6 Å². The van der Waals surface area contributed by atoms with E-state index in [1.165, 1.54) is 35.9 Å². The van der Waals surface area contributed by atoms with Crippen molar-refractivity contribution in [1.29, 1.82) is 0 Å². The Hall–Kier alpha value is -1.89. The predicted octanol–water partition coefficient (Wildman–Crippen LogP) is 4.07. The van der Waals surface area contributed by atoms with Gasteiger partial charge in [0.2, 0.25) is 0 Å².